The van der Waals surface area contributed by atoms with Crippen molar-refractivity contribution in [3.05, 3.63) is 104 Å². The fourth-order valence-electron chi connectivity index (χ4n) is 5.68. The molecule has 0 unspecified atom stereocenters. The van der Waals surface area contributed by atoms with Crippen LogP contribution in [0.25, 0.3) is 32.9 Å². The van der Waals surface area contributed by atoms with Crippen LogP contribution in [0.15, 0.2) is 104 Å². The lowest BCUT2D eigenvalue weighted by atomic mass is 10.0. The summed E-state index contributed by atoms with van der Waals surface area (Å²) in [6.45, 7) is 0.768. The van der Waals surface area contributed by atoms with E-state index in [0.29, 0.717) is 35.3 Å². The zero-order valence-electron chi connectivity index (χ0n) is 24.2. The van der Waals surface area contributed by atoms with Crippen molar-refractivity contribution in [2.45, 2.75) is 5.28 Å². The van der Waals surface area contributed by atoms with Crippen LogP contribution >= 0.6 is 7.14 Å². The van der Waals surface area contributed by atoms with Gasteiger partial charge in [-0.2, -0.15) is 0 Å². The second-order valence-electron chi connectivity index (χ2n) is 10.7. The second kappa shape index (κ2) is 10.9. The molecule has 1 saturated heterocycles. The molecular formula is C34H30N5O4P. The van der Waals surface area contributed by atoms with Crippen LogP contribution in [-0.4, -0.2) is 47.6 Å². The largest absolute Gasteiger partial charge is 0.493 e. The molecule has 10 heteroatoms. The highest BCUT2D eigenvalue weighted by Crippen LogP contribution is 2.59. The van der Waals surface area contributed by atoms with E-state index in [9.17, 15) is 4.57 Å². The van der Waals surface area contributed by atoms with E-state index < -0.39 is 12.4 Å². The summed E-state index contributed by atoms with van der Waals surface area (Å²) in [5.74, 6) is 2.07. The van der Waals surface area contributed by atoms with Gasteiger partial charge in [-0.1, -0.05) is 60.7 Å². The number of ether oxygens (including phenoxy) is 3. The van der Waals surface area contributed by atoms with Crippen molar-refractivity contribution in [2.24, 2.45) is 0 Å². The number of aromatic nitrogens is 3. The van der Waals surface area contributed by atoms with Crippen molar-refractivity contribution in [1.82, 2.24) is 20.3 Å². The molecule has 7 rings (SSSR count). The van der Waals surface area contributed by atoms with E-state index in [0.717, 1.165) is 37.8 Å². The molecule has 0 aliphatic carbocycles. The fraction of sp³-hybridized carbons (Fsp3) is 0.147. The summed E-state index contributed by atoms with van der Waals surface area (Å²) < 4.78 is 32.3. The topological polar surface area (TPSA) is 131 Å². The first kappa shape index (κ1) is 27.8. The number of anilines is 1. The lowest BCUT2D eigenvalue weighted by Crippen LogP contribution is -2.35. The highest BCUT2D eigenvalue weighted by molar-refractivity contribution is 7.80. The Bertz CT molecular complexity index is 2010. The lowest BCUT2D eigenvalue weighted by Gasteiger charge is -2.27. The summed E-state index contributed by atoms with van der Waals surface area (Å²) in [6.07, 6.45) is 5.08. The molecule has 3 N–H and O–H groups in total. The summed E-state index contributed by atoms with van der Waals surface area (Å²) in [7, 11) is 0.0876. The third-order valence-corrected chi connectivity index (χ3v) is 11.8. The standard InChI is InChI=1S/C34H30N5O4P/c1-41-31-15-27-26-14-29(39-33(35)28(26)19-37-30(27)16-32(31)42-2)22-13-23(18-36-17-22)43-21-34(20-38-34)44(40,24-9-5-3-6-10-24)25-11-7-4-8-12-25/h3-19,38H,20-21H2,1-2H3,(H2,35,39)/t34-/m0/s1. The predicted octanol–water partition coefficient (Wildman–Crippen LogP) is 5.14. The zero-order valence-corrected chi connectivity index (χ0v) is 25.1. The third kappa shape index (κ3) is 4.61. The summed E-state index contributed by atoms with van der Waals surface area (Å²) >= 11 is 0. The maximum absolute atomic E-state index is 15.0. The number of nitrogen functional groups attached to an aromatic ring is 1. The maximum atomic E-state index is 15.0. The Kier molecular flexibility index (Phi) is 6.92. The SMILES string of the molecule is COc1cc2ncc3c(N)nc(-c4cncc(OC[C@@]5(P(=O)(c6ccccc6)c6ccccc6)CN5)c4)cc3c2cc1OC. The normalized spacial score (nSPS) is 16.1. The van der Waals surface area contributed by atoms with Gasteiger partial charge in [-0.3, -0.25) is 15.3 Å². The first-order valence-corrected chi connectivity index (χ1v) is 15.8. The van der Waals surface area contributed by atoms with Crippen LogP contribution in [-0.2, 0) is 4.57 Å². The van der Waals surface area contributed by atoms with Gasteiger partial charge in [-0.15, -0.1) is 0 Å². The number of nitrogens with zero attached hydrogens (tertiary/aromatic N) is 3. The molecule has 3 aromatic heterocycles. The quantitative estimate of drug-likeness (QED) is 0.131. The Morgan fingerprint density at radius 2 is 1.50 bits per heavy atom. The molecule has 9 nitrogen and oxygen atoms in total. The summed E-state index contributed by atoms with van der Waals surface area (Å²) in [5, 5.41) is 6.71. The maximum Gasteiger partial charge on any atom is 0.166 e. The number of nitrogens with one attached hydrogen (secondary N) is 1. The Balaban J connectivity index is 1.23. The average Bonchev–Trinajstić information content (AvgIpc) is 3.88. The van der Waals surface area contributed by atoms with Gasteiger partial charge in [0.1, 0.15) is 23.5 Å². The van der Waals surface area contributed by atoms with Gasteiger partial charge in [0.05, 0.1) is 31.6 Å². The molecular weight excluding hydrogens is 573 g/mol. The number of hydrogen-bond acceptors (Lipinski definition) is 9. The van der Waals surface area contributed by atoms with Crippen molar-refractivity contribution in [2.75, 3.05) is 33.1 Å². The van der Waals surface area contributed by atoms with Crippen molar-refractivity contribution < 1.29 is 18.8 Å². The van der Waals surface area contributed by atoms with Crippen molar-refractivity contribution >= 4 is 45.2 Å². The van der Waals surface area contributed by atoms with E-state index in [4.69, 9.17) is 19.9 Å². The van der Waals surface area contributed by atoms with Crippen molar-refractivity contribution in [1.29, 1.82) is 0 Å². The van der Waals surface area contributed by atoms with Crippen LogP contribution in [0.3, 0.4) is 0 Å². The molecule has 1 atom stereocenters. The molecule has 0 spiro atoms. The van der Waals surface area contributed by atoms with E-state index >= 15 is 0 Å². The highest BCUT2D eigenvalue weighted by Gasteiger charge is 2.59. The lowest BCUT2D eigenvalue weighted by molar-refractivity contribution is 0.304. The third-order valence-electron chi connectivity index (χ3n) is 8.13. The van der Waals surface area contributed by atoms with Gasteiger partial charge in [0.25, 0.3) is 0 Å². The summed E-state index contributed by atoms with van der Waals surface area (Å²) in [6, 6.07) is 26.8. The molecule has 0 bridgehead atoms. The van der Waals surface area contributed by atoms with Crippen LogP contribution in [0.4, 0.5) is 5.82 Å². The van der Waals surface area contributed by atoms with Crippen LogP contribution in [0, 0.1) is 0 Å². The Labute approximate surface area is 254 Å². The molecule has 3 aromatic carbocycles. The molecule has 44 heavy (non-hydrogen) atoms. The van der Waals surface area contributed by atoms with Gasteiger partial charge in [0, 0.05) is 51.9 Å². The number of hydrogen-bond donors (Lipinski definition) is 2. The van der Waals surface area contributed by atoms with Gasteiger partial charge < -0.3 is 24.5 Å². The van der Waals surface area contributed by atoms with Gasteiger partial charge in [-0.25, -0.2) is 4.98 Å². The molecule has 0 amide bonds. The van der Waals surface area contributed by atoms with Crippen LogP contribution in [0.2, 0.25) is 0 Å². The minimum absolute atomic E-state index is 0.199. The number of nitrogens with two attached hydrogens (primary N) is 1. The summed E-state index contributed by atoms with van der Waals surface area (Å²) in [4.78, 5) is 13.7. The highest BCUT2D eigenvalue weighted by atomic mass is 31.2. The van der Waals surface area contributed by atoms with E-state index in [1.807, 2.05) is 84.9 Å². The van der Waals surface area contributed by atoms with Crippen LogP contribution in [0.1, 0.15) is 0 Å². The Hall–Kier alpha value is -4.98. The fourth-order valence-corrected chi connectivity index (χ4v) is 8.92. The smallest absolute Gasteiger partial charge is 0.166 e. The molecule has 220 valence electrons. The van der Waals surface area contributed by atoms with Crippen molar-refractivity contribution in [3.8, 4) is 28.5 Å². The number of benzene rings is 3. The number of fused-ring (bicyclic) bond motifs is 3. The first-order chi connectivity index (χ1) is 21.5. The van der Waals surface area contributed by atoms with Gasteiger partial charge >= 0.3 is 0 Å². The van der Waals surface area contributed by atoms with Crippen LogP contribution in [0.5, 0.6) is 17.2 Å². The van der Waals surface area contributed by atoms with E-state index in [1.54, 1.807) is 32.8 Å². The monoisotopic (exact) mass is 603 g/mol. The molecule has 4 heterocycles. The molecule has 1 aliphatic heterocycles. The number of rotatable bonds is 9. The Morgan fingerprint density at radius 3 is 2.14 bits per heavy atom. The number of pyridine rings is 3. The minimum Gasteiger partial charge on any atom is -0.493 e. The molecule has 1 aliphatic rings. The number of methoxy groups -OCH3 is 2. The predicted molar refractivity (Wildman–Crippen MR) is 174 cm³/mol. The first-order valence-electron chi connectivity index (χ1n) is 14.1. The molecule has 0 saturated carbocycles. The van der Waals surface area contributed by atoms with Gasteiger partial charge in [-0.05, 0) is 23.6 Å². The van der Waals surface area contributed by atoms with E-state index in [2.05, 4.69) is 20.3 Å². The average molecular weight is 604 g/mol. The second-order valence-corrected chi connectivity index (χ2v) is 13.8. The molecule has 6 aromatic rings. The van der Waals surface area contributed by atoms with E-state index in [1.165, 1.54) is 0 Å². The van der Waals surface area contributed by atoms with E-state index in [-0.39, 0.29) is 6.61 Å². The zero-order chi connectivity index (χ0) is 30.3. The molecule has 1 fully saturated rings. The Morgan fingerprint density at radius 1 is 0.841 bits per heavy atom. The van der Waals surface area contributed by atoms with Crippen molar-refractivity contribution in [3.63, 3.8) is 0 Å². The summed E-state index contributed by atoms with van der Waals surface area (Å²) in [5.41, 5.74) is 8.54. The minimum atomic E-state index is -3.10. The molecule has 0 radical (unpaired) electrons. The van der Waals surface area contributed by atoms with Crippen LogP contribution < -0.4 is 35.9 Å². The van der Waals surface area contributed by atoms with Gasteiger partial charge in [0.15, 0.2) is 18.6 Å². The van der Waals surface area contributed by atoms with Gasteiger partial charge in [0.2, 0.25) is 0 Å².